The number of nitrogens with one attached hydrogen (secondary N) is 1. The lowest BCUT2D eigenvalue weighted by Gasteiger charge is -2.39. The van der Waals surface area contributed by atoms with E-state index in [0.717, 1.165) is 43.7 Å². The Kier molecular flexibility index (Phi) is 5.59. The molecule has 1 radical (unpaired) electrons. The number of halogens is 2. The van der Waals surface area contributed by atoms with Crippen LogP contribution in [-0.4, -0.2) is 37.1 Å². The highest BCUT2D eigenvalue weighted by molar-refractivity contribution is 5.35. The van der Waals surface area contributed by atoms with E-state index in [4.69, 9.17) is 0 Å². The third-order valence-corrected chi connectivity index (χ3v) is 4.76. The second-order valence-corrected chi connectivity index (χ2v) is 6.22. The Morgan fingerprint density at radius 1 is 0.875 bits per heavy atom. The molecular formula is C20H23F2N2. The number of piperazine rings is 1. The van der Waals surface area contributed by atoms with Gasteiger partial charge in [-0.1, -0.05) is 31.2 Å². The van der Waals surface area contributed by atoms with E-state index in [-0.39, 0.29) is 23.6 Å². The Morgan fingerprint density at radius 3 is 1.75 bits per heavy atom. The quantitative estimate of drug-likeness (QED) is 0.902. The molecule has 1 atom stereocenters. The molecule has 2 aromatic rings. The third-order valence-electron chi connectivity index (χ3n) is 4.76. The molecule has 4 heteroatoms. The summed E-state index contributed by atoms with van der Waals surface area (Å²) in [5.41, 5.74) is 2.07. The molecule has 2 aromatic carbocycles. The van der Waals surface area contributed by atoms with Gasteiger partial charge in [0.05, 0.1) is 0 Å². The molecule has 0 amide bonds. The molecule has 1 aliphatic rings. The van der Waals surface area contributed by atoms with E-state index >= 15 is 0 Å². The monoisotopic (exact) mass is 329 g/mol. The van der Waals surface area contributed by atoms with E-state index in [9.17, 15) is 8.78 Å². The Bertz CT molecular complexity index is 588. The maximum Gasteiger partial charge on any atom is 0.123 e. The van der Waals surface area contributed by atoms with Crippen molar-refractivity contribution in [3.05, 3.63) is 78.2 Å². The molecule has 0 aliphatic carbocycles. The fraction of sp³-hybridized carbons (Fsp3) is 0.350. The Balaban J connectivity index is 1.99. The summed E-state index contributed by atoms with van der Waals surface area (Å²) in [4.78, 5) is 2.43. The van der Waals surface area contributed by atoms with E-state index in [1.165, 1.54) is 24.3 Å². The molecule has 1 fully saturated rings. The molecule has 1 N–H and O–H groups in total. The second kappa shape index (κ2) is 7.86. The summed E-state index contributed by atoms with van der Waals surface area (Å²) in [5, 5.41) is 3.37. The zero-order valence-corrected chi connectivity index (χ0v) is 13.7. The zero-order valence-electron chi connectivity index (χ0n) is 13.7. The Labute approximate surface area is 142 Å². The summed E-state index contributed by atoms with van der Waals surface area (Å²) < 4.78 is 26.7. The lowest BCUT2D eigenvalue weighted by Crippen LogP contribution is -2.50. The van der Waals surface area contributed by atoms with Gasteiger partial charge in [0.2, 0.25) is 0 Å². The van der Waals surface area contributed by atoms with Gasteiger partial charge >= 0.3 is 0 Å². The predicted molar refractivity (Wildman–Crippen MR) is 92.8 cm³/mol. The molecule has 1 aliphatic heterocycles. The van der Waals surface area contributed by atoms with Crippen LogP contribution in [0.4, 0.5) is 8.78 Å². The number of nitrogens with zero attached hydrogens (tertiary/aromatic N) is 1. The Morgan fingerprint density at radius 2 is 1.33 bits per heavy atom. The largest absolute Gasteiger partial charge is 0.314 e. The summed E-state index contributed by atoms with van der Waals surface area (Å²) >= 11 is 0. The molecule has 24 heavy (non-hydrogen) atoms. The first kappa shape index (κ1) is 17.1. The van der Waals surface area contributed by atoms with Crippen molar-refractivity contribution in [2.45, 2.75) is 18.4 Å². The standard InChI is InChI=1S/C20H23F2N2/c1-2-19(24-13-11-23-12-14-24)20(15-3-7-17(21)8-4-15)16-5-9-18(22)10-6-16/h3-10,19-20,23H,1-2,11-14H2. The first-order valence-corrected chi connectivity index (χ1v) is 8.44. The maximum atomic E-state index is 13.4. The van der Waals surface area contributed by atoms with Gasteiger partial charge in [0, 0.05) is 38.1 Å². The van der Waals surface area contributed by atoms with Gasteiger partial charge in [-0.2, -0.15) is 0 Å². The van der Waals surface area contributed by atoms with Crippen LogP contribution in [0, 0.1) is 18.6 Å². The molecule has 2 nitrogen and oxygen atoms in total. The summed E-state index contributed by atoms with van der Waals surface area (Å²) in [7, 11) is 0. The van der Waals surface area contributed by atoms with Gasteiger partial charge in [0.1, 0.15) is 11.6 Å². The second-order valence-electron chi connectivity index (χ2n) is 6.22. The molecule has 3 rings (SSSR count). The van der Waals surface area contributed by atoms with E-state index in [1.54, 1.807) is 0 Å². The predicted octanol–water partition coefficient (Wildman–Crippen LogP) is 3.59. The SMILES string of the molecule is [CH2]CC(C(c1ccc(F)cc1)c1ccc(F)cc1)N1CCNCC1. The maximum absolute atomic E-state index is 13.4. The number of hydrogen-bond acceptors (Lipinski definition) is 2. The highest BCUT2D eigenvalue weighted by Gasteiger charge is 2.29. The average Bonchev–Trinajstić information content (AvgIpc) is 2.62. The molecule has 127 valence electrons. The van der Waals surface area contributed by atoms with Gasteiger partial charge in [0.15, 0.2) is 0 Å². The van der Waals surface area contributed by atoms with Crippen LogP contribution in [0.2, 0.25) is 0 Å². The summed E-state index contributed by atoms with van der Waals surface area (Å²) in [6.07, 6.45) is 0.736. The van der Waals surface area contributed by atoms with Crippen LogP contribution in [0.3, 0.4) is 0 Å². The summed E-state index contributed by atoms with van der Waals surface area (Å²) in [5.74, 6) is -0.447. The van der Waals surface area contributed by atoms with Crippen molar-refractivity contribution < 1.29 is 8.78 Å². The van der Waals surface area contributed by atoms with Crippen LogP contribution in [-0.2, 0) is 0 Å². The minimum atomic E-state index is -0.245. The molecule has 1 saturated heterocycles. The van der Waals surface area contributed by atoms with Gasteiger partial charge in [-0.25, -0.2) is 8.78 Å². The molecular weight excluding hydrogens is 306 g/mol. The van der Waals surface area contributed by atoms with Crippen LogP contribution >= 0.6 is 0 Å². The normalized spacial score (nSPS) is 17.2. The van der Waals surface area contributed by atoms with Gasteiger partial charge < -0.3 is 5.32 Å². The van der Waals surface area contributed by atoms with E-state index in [0.29, 0.717) is 0 Å². The fourth-order valence-electron chi connectivity index (χ4n) is 3.55. The van der Waals surface area contributed by atoms with E-state index in [1.807, 2.05) is 24.3 Å². The van der Waals surface area contributed by atoms with Crippen LogP contribution in [0.25, 0.3) is 0 Å². The van der Waals surface area contributed by atoms with Gasteiger partial charge in [-0.15, -0.1) is 0 Å². The molecule has 0 saturated carbocycles. The van der Waals surface area contributed by atoms with Crippen molar-refractivity contribution in [3.63, 3.8) is 0 Å². The fourth-order valence-corrected chi connectivity index (χ4v) is 3.55. The Hall–Kier alpha value is -1.78. The van der Waals surface area contributed by atoms with Crippen molar-refractivity contribution in [1.82, 2.24) is 10.2 Å². The van der Waals surface area contributed by atoms with Gasteiger partial charge in [0.25, 0.3) is 0 Å². The minimum absolute atomic E-state index is 0.0433. The number of rotatable bonds is 5. The van der Waals surface area contributed by atoms with Crippen molar-refractivity contribution in [2.24, 2.45) is 0 Å². The first-order chi connectivity index (χ1) is 11.7. The van der Waals surface area contributed by atoms with Crippen LogP contribution in [0.15, 0.2) is 48.5 Å². The zero-order chi connectivity index (χ0) is 16.9. The number of benzene rings is 2. The highest BCUT2D eigenvalue weighted by Crippen LogP contribution is 2.33. The molecule has 0 spiro atoms. The topological polar surface area (TPSA) is 15.3 Å². The van der Waals surface area contributed by atoms with Gasteiger partial charge in [-0.05, 0) is 41.8 Å². The van der Waals surface area contributed by atoms with Crippen LogP contribution in [0.5, 0.6) is 0 Å². The van der Waals surface area contributed by atoms with Crippen molar-refractivity contribution in [1.29, 1.82) is 0 Å². The van der Waals surface area contributed by atoms with E-state index in [2.05, 4.69) is 17.1 Å². The molecule has 0 bridgehead atoms. The average molecular weight is 329 g/mol. The molecule has 0 aromatic heterocycles. The lowest BCUT2D eigenvalue weighted by molar-refractivity contribution is 0.159. The van der Waals surface area contributed by atoms with Gasteiger partial charge in [-0.3, -0.25) is 4.90 Å². The minimum Gasteiger partial charge on any atom is -0.314 e. The van der Waals surface area contributed by atoms with Crippen molar-refractivity contribution in [2.75, 3.05) is 26.2 Å². The number of hydrogen-bond donors (Lipinski definition) is 1. The third kappa shape index (κ3) is 3.82. The highest BCUT2D eigenvalue weighted by atomic mass is 19.1. The van der Waals surface area contributed by atoms with E-state index < -0.39 is 0 Å². The van der Waals surface area contributed by atoms with Crippen LogP contribution in [0.1, 0.15) is 23.5 Å². The van der Waals surface area contributed by atoms with Crippen molar-refractivity contribution in [3.8, 4) is 0 Å². The lowest BCUT2D eigenvalue weighted by atomic mass is 9.82. The first-order valence-electron chi connectivity index (χ1n) is 8.44. The molecule has 1 heterocycles. The van der Waals surface area contributed by atoms with Crippen LogP contribution < -0.4 is 5.32 Å². The molecule has 1 unspecified atom stereocenters. The smallest absolute Gasteiger partial charge is 0.123 e. The summed E-state index contributed by atoms with van der Waals surface area (Å²) in [6.45, 7) is 7.98. The summed E-state index contributed by atoms with van der Waals surface area (Å²) in [6, 6.07) is 13.5. The van der Waals surface area contributed by atoms with Crippen molar-refractivity contribution >= 4 is 0 Å².